The smallest absolute Gasteiger partial charge is 0.439 e. The predicted molar refractivity (Wildman–Crippen MR) is 165 cm³/mol. The van der Waals surface area contributed by atoms with Crippen LogP contribution in [0.2, 0.25) is 0 Å². The minimum Gasteiger partial charge on any atom is -0.444 e. The molecule has 1 aromatic heterocycles. The highest BCUT2D eigenvalue weighted by Gasteiger charge is 2.46. The Hall–Kier alpha value is -3.74. The Morgan fingerprint density at radius 3 is 2.33 bits per heavy atom. The molecule has 2 unspecified atom stereocenters. The molecule has 3 atom stereocenters. The van der Waals surface area contributed by atoms with E-state index in [1.54, 1.807) is 49.9 Å². The van der Waals surface area contributed by atoms with E-state index in [4.69, 9.17) is 4.74 Å². The van der Waals surface area contributed by atoms with Crippen molar-refractivity contribution in [2.24, 2.45) is 11.8 Å². The van der Waals surface area contributed by atoms with Gasteiger partial charge in [0.25, 0.3) is 0 Å². The zero-order valence-corrected chi connectivity index (χ0v) is 26.4. The number of nitrogens with one attached hydrogen (secondary N) is 3. The zero-order chi connectivity index (χ0) is 32.1. The van der Waals surface area contributed by atoms with Gasteiger partial charge >= 0.3 is 11.8 Å². The maximum absolute atomic E-state index is 14.0. The Labute approximate surface area is 262 Å². The van der Waals surface area contributed by atoms with E-state index in [0.29, 0.717) is 49.3 Å². The van der Waals surface area contributed by atoms with Crippen molar-refractivity contribution in [3.05, 3.63) is 34.8 Å². The van der Waals surface area contributed by atoms with Gasteiger partial charge in [0.05, 0.1) is 6.04 Å². The standard InChI is InChI=1S/C32H45FN6O6/c1-32(2,3)44-30(42)35-24(19-33)20-7-9-22(10-8-20)29(41)39-18-15-25(38-16-5-4-6-17-38)26(39)28(40)34-23-13-11-21(12-14-23)27-36-31(43)45-37-27/h11-14,20,22,24-26H,4-10,15-19H2,1-3H3,(H,34,40)(H,35,42)(H,36,37,43)/t20?,22?,24-,25?,26?/m1/s1. The van der Waals surface area contributed by atoms with Gasteiger partial charge in [-0.1, -0.05) is 11.6 Å². The van der Waals surface area contributed by atoms with Crippen molar-refractivity contribution in [2.45, 2.75) is 95.9 Å². The molecule has 3 heterocycles. The number of piperidine rings is 1. The van der Waals surface area contributed by atoms with Crippen LogP contribution < -0.4 is 16.4 Å². The first-order valence-corrected chi connectivity index (χ1v) is 16.1. The van der Waals surface area contributed by atoms with Crippen LogP contribution in [0.25, 0.3) is 11.4 Å². The van der Waals surface area contributed by atoms with Gasteiger partial charge in [0.1, 0.15) is 18.3 Å². The summed E-state index contributed by atoms with van der Waals surface area (Å²) in [5.74, 6) is -0.970. The quantitative estimate of drug-likeness (QED) is 0.396. The van der Waals surface area contributed by atoms with Gasteiger partial charge in [0, 0.05) is 29.8 Å². The number of aromatic nitrogens is 2. The zero-order valence-electron chi connectivity index (χ0n) is 26.4. The van der Waals surface area contributed by atoms with E-state index in [0.717, 1.165) is 38.8 Å². The normalized spacial score (nSPS) is 25.0. The van der Waals surface area contributed by atoms with Crippen molar-refractivity contribution in [3.8, 4) is 11.4 Å². The number of rotatable bonds is 8. The van der Waals surface area contributed by atoms with Gasteiger partial charge in [-0.2, -0.15) is 0 Å². The van der Waals surface area contributed by atoms with Gasteiger partial charge in [0.2, 0.25) is 11.8 Å². The third-order valence-corrected chi connectivity index (χ3v) is 9.20. The summed E-state index contributed by atoms with van der Waals surface area (Å²) >= 11 is 0. The van der Waals surface area contributed by atoms with E-state index in [2.05, 4.69) is 30.2 Å². The topological polar surface area (TPSA) is 150 Å². The van der Waals surface area contributed by atoms with Crippen LogP contribution in [-0.4, -0.2) is 87.9 Å². The fraction of sp³-hybridized carbons (Fsp3) is 0.656. The first-order chi connectivity index (χ1) is 21.5. The van der Waals surface area contributed by atoms with E-state index in [1.165, 1.54) is 0 Å². The monoisotopic (exact) mass is 628 g/mol. The summed E-state index contributed by atoms with van der Waals surface area (Å²) in [7, 11) is 0. The van der Waals surface area contributed by atoms with Gasteiger partial charge in [-0.15, -0.1) is 0 Å². The van der Waals surface area contributed by atoms with Gasteiger partial charge in [-0.25, -0.2) is 14.0 Å². The molecule has 0 bridgehead atoms. The lowest BCUT2D eigenvalue weighted by Crippen LogP contribution is -2.55. The highest BCUT2D eigenvalue weighted by atomic mass is 19.1. The molecule has 45 heavy (non-hydrogen) atoms. The summed E-state index contributed by atoms with van der Waals surface area (Å²) in [6, 6.07) is 5.54. The van der Waals surface area contributed by atoms with Crippen LogP contribution in [0.4, 0.5) is 14.9 Å². The van der Waals surface area contributed by atoms with Gasteiger partial charge < -0.3 is 20.3 Å². The van der Waals surface area contributed by atoms with Gasteiger partial charge in [0.15, 0.2) is 5.82 Å². The minimum atomic E-state index is -0.702. The minimum absolute atomic E-state index is 0.0321. The van der Waals surface area contributed by atoms with Crippen LogP contribution in [0, 0.1) is 11.8 Å². The number of anilines is 1. The average molecular weight is 629 g/mol. The van der Waals surface area contributed by atoms with Crippen LogP contribution in [-0.2, 0) is 14.3 Å². The SMILES string of the molecule is CC(C)(C)OC(=O)N[C@H](CF)C1CCC(C(=O)N2CCC(N3CCCCC3)C2C(=O)Nc2ccc(-c3noc(=O)[nH]3)cc2)CC1. The molecular formula is C32H45FN6O6. The van der Waals surface area contributed by atoms with Crippen molar-refractivity contribution in [3.63, 3.8) is 0 Å². The Balaban J connectivity index is 1.24. The number of H-pyrrole nitrogens is 1. The number of carbonyl (C=O) groups is 3. The molecule has 2 saturated heterocycles. The average Bonchev–Trinajstić information content (AvgIpc) is 3.66. The molecule has 12 nitrogen and oxygen atoms in total. The fourth-order valence-electron chi connectivity index (χ4n) is 7.00. The third kappa shape index (κ3) is 8.11. The van der Waals surface area contributed by atoms with Crippen molar-refractivity contribution in [2.75, 3.05) is 31.6 Å². The maximum atomic E-state index is 14.0. The molecule has 2 aromatic rings. The lowest BCUT2D eigenvalue weighted by Gasteiger charge is -2.38. The summed E-state index contributed by atoms with van der Waals surface area (Å²) in [4.78, 5) is 58.1. The number of amides is 3. The summed E-state index contributed by atoms with van der Waals surface area (Å²) in [6.45, 7) is 6.89. The number of benzene rings is 1. The second-order valence-corrected chi connectivity index (χ2v) is 13.5. The Kier molecular flexibility index (Phi) is 10.3. The molecule has 13 heteroatoms. The van der Waals surface area contributed by atoms with Crippen molar-refractivity contribution >= 4 is 23.6 Å². The molecule has 0 radical (unpaired) electrons. The van der Waals surface area contributed by atoms with Gasteiger partial charge in [-0.3, -0.25) is 24.0 Å². The highest BCUT2D eigenvalue weighted by Crippen LogP contribution is 2.35. The molecule has 3 fully saturated rings. The first kappa shape index (κ1) is 32.6. The molecule has 1 aromatic carbocycles. The molecule has 5 rings (SSSR count). The second-order valence-electron chi connectivity index (χ2n) is 13.5. The van der Waals surface area contributed by atoms with Gasteiger partial charge in [-0.05, 0) is 109 Å². The summed E-state index contributed by atoms with van der Waals surface area (Å²) in [5, 5.41) is 9.40. The van der Waals surface area contributed by atoms with E-state index in [9.17, 15) is 23.6 Å². The van der Waals surface area contributed by atoms with Crippen molar-refractivity contribution < 1.29 is 28.0 Å². The molecule has 1 saturated carbocycles. The summed E-state index contributed by atoms with van der Waals surface area (Å²) in [5.41, 5.74) is 0.527. The van der Waals surface area contributed by atoms with E-state index < -0.39 is 36.2 Å². The fourth-order valence-corrected chi connectivity index (χ4v) is 7.00. The molecular weight excluding hydrogens is 583 g/mol. The number of alkyl carbamates (subject to hydrolysis) is 1. The molecule has 246 valence electrons. The van der Waals surface area contributed by atoms with Crippen LogP contribution in [0.15, 0.2) is 33.6 Å². The largest absolute Gasteiger partial charge is 0.444 e. The molecule has 3 aliphatic rings. The molecule has 2 aliphatic heterocycles. The second kappa shape index (κ2) is 14.1. The molecule has 3 N–H and O–H groups in total. The number of hydrogen-bond donors (Lipinski definition) is 3. The Morgan fingerprint density at radius 1 is 1.04 bits per heavy atom. The van der Waals surface area contributed by atoms with Crippen LogP contribution >= 0.6 is 0 Å². The predicted octanol–water partition coefficient (Wildman–Crippen LogP) is 4.09. The van der Waals surface area contributed by atoms with Crippen LogP contribution in [0.1, 0.15) is 72.1 Å². The Bertz CT molecular complexity index is 1370. The number of ether oxygens (including phenoxy) is 1. The van der Waals surface area contributed by atoms with E-state index >= 15 is 0 Å². The summed E-state index contributed by atoms with van der Waals surface area (Å²) < 4.78 is 23.9. The number of alkyl halides is 1. The van der Waals surface area contributed by atoms with Crippen LogP contribution in [0.5, 0.6) is 0 Å². The van der Waals surface area contributed by atoms with Crippen molar-refractivity contribution in [1.82, 2.24) is 25.3 Å². The first-order valence-electron chi connectivity index (χ1n) is 16.1. The molecule has 0 spiro atoms. The lowest BCUT2D eigenvalue weighted by atomic mass is 9.78. The third-order valence-electron chi connectivity index (χ3n) is 9.20. The van der Waals surface area contributed by atoms with E-state index in [-0.39, 0.29) is 29.7 Å². The van der Waals surface area contributed by atoms with Crippen LogP contribution in [0.3, 0.4) is 0 Å². The highest BCUT2D eigenvalue weighted by molar-refractivity contribution is 5.98. The van der Waals surface area contributed by atoms with Crippen molar-refractivity contribution in [1.29, 1.82) is 0 Å². The summed E-state index contributed by atoms with van der Waals surface area (Å²) in [6.07, 6.45) is 5.73. The number of halogens is 1. The number of nitrogens with zero attached hydrogens (tertiary/aromatic N) is 3. The number of likely N-dealkylation sites (tertiary alicyclic amines) is 2. The maximum Gasteiger partial charge on any atom is 0.439 e. The Morgan fingerprint density at radius 2 is 1.73 bits per heavy atom. The molecule has 1 aliphatic carbocycles. The number of hydrogen-bond acceptors (Lipinski definition) is 8. The number of carbonyl (C=O) groups excluding carboxylic acids is 3. The lowest BCUT2D eigenvalue weighted by molar-refractivity contribution is -0.142. The van der Waals surface area contributed by atoms with E-state index in [1.807, 2.05) is 0 Å². The number of aromatic amines is 1. The molecule has 3 amide bonds.